The fourth-order valence-electron chi connectivity index (χ4n) is 3.70. The summed E-state index contributed by atoms with van der Waals surface area (Å²) < 4.78 is 18.6. The average molecular weight is 459 g/mol. The molecule has 10 nitrogen and oxygen atoms in total. The van der Waals surface area contributed by atoms with Gasteiger partial charge in [-0.2, -0.15) is 0 Å². The van der Waals surface area contributed by atoms with Crippen LogP contribution in [0.1, 0.15) is 45.4 Å². The number of hydrogen-bond donors (Lipinski definition) is 2. The van der Waals surface area contributed by atoms with Crippen molar-refractivity contribution in [2.45, 2.75) is 46.5 Å². The molecule has 0 spiro atoms. The Bertz CT molecular complexity index is 1110. The molecular weight excluding hydrogens is 424 g/mol. The Morgan fingerprint density at radius 1 is 1.09 bits per heavy atom. The Balaban J connectivity index is 1.78. The third-order valence-electron chi connectivity index (χ3n) is 5.74. The van der Waals surface area contributed by atoms with Gasteiger partial charge in [-0.1, -0.05) is 20.3 Å². The molecule has 0 aliphatic heterocycles. The number of fused-ring (bicyclic) bond motifs is 3. The van der Waals surface area contributed by atoms with E-state index in [9.17, 15) is 4.79 Å². The third-order valence-corrected chi connectivity index (χ3v) is 5.74. The third kappa shape index (κ3) is 5.20. The number of methoxy groups -OCH3 is 3. The number of aryl methyl sites for hydroxylation is 1. The van der Waals surface area contributed by atoms with E-state index in [1.54, 1.807) is 27.4 Å². The van der Waals surface area contributed by atoms with Gasteiger partial charge < -0.3 is 24.8 Å². The Morgan fingerprint density at radius 3 is 2.48 bits per heavy atom. The highest BCUT2D eigenvalue weighted by molar-refractivity contribution is 5.94. The van der Waals surface area contributed by atoms with Crippen LogP contribution in [0, 0.1) is 12.8 Å². The number of rotatable bonds is 12. The van der Waals surface area contributed by atoms with E-state index in [1.807, 2.05) is 11.3 Å². The van der Waals surface area contributed by atoms with Gasteiger partial charge in [-0.3, -0.25) is 9.20 Å². The fraction of sp³-hybridized carbons (Fsp3) is 0.565. The van der Waals surface area contributed by atoms with Crippen molar-refractivity contribution in [1.29, 1.82) is 0 Å². The molecule has 0 saturated carbocycles. The average Bonchev–Trinajstić information content (AvgIpc) is 3.21. The molecule has 10 heteroatoms. The van der Waals surface area contributed by atoms with Crippen molar-refractivity contribution < 1.29 is 19.0 Å². The smallest absolute Gasteiger partial charge is 0.220 e. The minimum atomic E-state index is 0.116. The monoisotopic (exact) mass is 458 g/mol. The first kappa shape index (κ1) is 24.3. The lowest BCUT2D eigenvalue weighted by Crippen LogP contribution is -2.26. The Labute approximate surface area is 194 Å². The molecule has 2 N–H and O–H groups in total. The van der Waals surface area contributed by atoms with Crippen LogP contribution in [0.4, 0.5) is 5.82 Å². The zero-order chi connectivity index (χ0) is 24.0. The second-order valence-corrected chi connectivity index (χ2v) is 8.08. The summed E-state index contributed by atoms with van der Waals surface area (Å²) in [5.74, 6) is 3.46. The van der Waals surface area contributed by atoms with Gasteiger partial charge in [0.1, 0.15) is 16.9 Å². The molecule has 0 aliphatic carbocycles. The van der Waals surface area contributed by atoms with Gasteiger partial charge in [0.2, 0.25) is 11.6 Å². The van der Waals surface area contributed by atoms with Gasteiger partial charge in [-0.25, -0.2) is 4.98 Å². The lowest BCUT2D eigenvalue weighted by Gasteiger charge is -2.16. The molecule has 0 saturated heterocycles. The zero-order valence-corrected chi connectivity index (χ0v) is 20.3. The number of amides is 1. The number of carbonyl (C=O) groups excluding carboxylic acids is 1. The van der Waals surface area contributed by atoms with Crippen LogP contribution < -0.4 is 24.8 Å². The van der Waals surface area contributed by atoms with Gasteiger partial charge in [0.15, 0.2) is 23.1 Å². The lowest BCUT2D eigenvalue weighted by molar-refractivity contribution is -0.121. The molecule has 1 aromatic carbocycles. The molecule has 2 aromatic heterocycles. The molecule has 0 aliphatic rings. The molecule has 1 atom stereocenters. The van der Waals surface area contributed by atoms with Gasteiger partial charge >= 0.3 is 0 Å². The van der Waals surface area contributed by atoms with Gasteiger partial charge in [0, 0.05) is 25.6 Å². The van der Waals surface area contributed by atoms with Crippen molar-refractivity contribution in [1.82, 2.24) is 24.9 Å². The van der Waals surface area contributed by atoms with E-state index in [1.165, 1.54) is 0 Å². The number of benzene rings is 1. The molecule has 0 bridgehead atoms. The lowest BCUT2D eigenvalue weighted by atomic mass is 10.1. The van der Waals surface area contributed by atoms with Crippen molar-refractivity contribution >= 4 is 28.4 Å². The highest BCUT2D eigenvalue weighted by Gasteiger charge is 2.22. The van der Waals surface area contributed by atoms with Gasteiger partial charge in [-0.05, 0) is 25.7 Å². The van der Waals surface area contributed by atoms with Crippen LogP contribution in [0.3, 0.4) is 0 Å². The van der Waals surface area contributed by atoms with Crippen molar-refractivity contribution in [2.75, 3.05) is 39.7 Å². The number of hydrogen-bond acceptors (Lipinski definition) is 8. The van der Waals surface area contributed by atoms with E-state index in [0.29, 0.717) is 71.0 Å². The number of nitrogens with one attached hydrogen (secondary N) is 2. The summed E-state index contributed by atoms with van der Waals surface area (Å²) in [4.78, 5) is 16.7. The predicted molar refractivity (Wildman–Crippen MR) is 127 cm³/mol. The van der Waals surface area contributed by atoms with Crippen LogP contribution in [0.15, 0.2) is 6.07 Å². The number of aromatic nitrogens is 4. The number of anilines is 1. The van der Waals surface area contributed by atoms with Gasteiger partial charge in [0.05, 0.1) is 21.3 Å². The second kappa shape index (κ2) is 11.0. The summed E-state index contributed by atoms with van der Waals surface area (Å²) >= 11 is 0. The van der Waals surface area contributed by atoms with Crippen LogP contribution in [0.5, 0.6) is 17.2 Å². The van der Waals surface area contributed by atoms with Gasteiger partial charge in [-0.15, -0.1) is 10.2 Å². The normalized spacial score (nSPS) is 12.1. The van der Waals surface area contributed by atoms with Crippen LogP contribution >= 0.6 is 0 Å². The molecule has 1 amide bonds. The van der Waals surface area contributed by atoms with E-state index < -0.39 is 0 Å². The first-order valence-corrected chi connectivity index (χ1v) is 11.3. The van der Waals surface area contributed by atoms with Crippen molar-refractivity contribution in [3.8, 4) is 17.2 Å². The second-order valence-electron chi connectivity index (χ2n) is 8.08. The van der Waals surface area contributed by atoms with E-state index >= 15 is 0 Å². The number of nitrogens with zero attached hydrogens (tertiary/aromatic N) is 4. The zero-order valence-electron chi connectivity index (χ0n) is 20.3. The maximum Gasteiger partial charge on any atom is 0.220 e. The maximum absolute atomic E-state index is 11.9. The van der Waals surface area contributed by atoms with E-state index in [0.717, 1.165) is 19.3 Å². The van der Waals surface area contributed by atoms with Crippen LogP contribution in [-0.4, -0.2) is 59.9 Å². The molecule has 3 rings (SSSR count). The Morgan fingerprint density at radius 2 is 1.82 bits per heavy atom. The van der Waals surface area contributed by atoms with Crippen LogP contribution in [0.2, 0.25) is 0 Å². The molecule has 33 heavy (non-hydrogen) atoms. The molecule has 180 valence electrons. The molecule has 2 heterocycles. The SMILES string of the molecule is CCC(C)CC(=O)NCCCCNc1nc2c(OC)cc(OC)c(OC)c2n2c(C)nnc12. The standard InChI is InChI=1S/C23H34N6O4/c1-7-14(2)12-18(30)24-10-8-9-11-25-22-23-28-27-15(3)29(23)20-19(26-22)16(31-4)13-17(32-5)21(20)33-6/h13-14H,7-12H2,1-6H3,(H,24,30)(H,25,26). The Kier molecular flexibility index (Phi) is 8.13. The molecular formula is C23H34N6O4. The van der Waals surface area contributed by atoms with E-state index in [4.69, 9.17) is 19.2 Å². The maximum atomic E-state index is 11.9. The molecule has 0 fully saturated rings. The summed E-state index contributed by atoms with van der Waals surface area (Å²) in [6, 6.07) is 1.76. The predicted octanol–water partition coefficient (Wildman–Crippen LogP) is 3.36. The minimum absolute atomic E-state index is 0.116. The van der Waals surface area contributed by atoms with E-state index in [2.05, 4.69) is 34.7 Å². The van der Waals surface area contributed by atoms with Gasteiger partial charge in [0.25, 0.3) is 0 Å². The van der Waals surface area contributed by atoms with Crippen molar-refractivity contribution in [2.24, 2.45) is 5.92 Å². The first-order chi connectivity index (χ1) is 15.9. The number of carbonyl (C=O) groups is 1. The molecule has 3 aromatic rings. The largest absolute Gasteiger partial charge is 0.494 e. The summed E-state index contributed by atoms with van der Waals surface area (Å²) in [7, 11) is 4.76. The first-order valence-electron chi connectivity index (χ1n) is 11.3. The minimum Gasteiger partial charge on any atom is -0.494 e. The van der Waals surface area contributed by atoms with Crippen LogP contribution in [0.25, 0.3) is 16.7 Å². The Hall–Kier alpha value is -3.30. The summed E-state index contributed by atoms with van der Waals surface area (Å²) in [5.41, 5.74) is 1.89. The highest BCUT2D eigenvalue weighted by Crippen LogP contribution is 2.41. The van der Waals surface area contributed by atoms with Crippen molar-refractivity contribution in [3.63, 3.8) is 0 Å². The number of ether oxygens (including phenoxy) is 3. The number of unbranched alkanes of at least 4 members (excludes halogenated alkanes) is 1. The molecule has 1 unspecified atom stereocenters. The summed E-state index contributed by atoms with van der Waals surface area (Å²) in [6.45, 7) is 7.40. The quantitative estimate of drug-likeness (QED) is 0.398. The van der Waals surface area contributed by atoms with Crippen molar-refractivity contribution in [3.05, 3.63) is 11.9 Å². The van der Waals surface area contributed by atoms with Crippen LogP contribution in [-0.2, 0) is 4.79 Å². The highest BCUT2D eigenvalue weighted by atomic mass is 16.5. The summed E-state index contributed by atoms with van der Waals surface area (Å²) in [6.07, 6.45) is 3.32. The molecule has 0 radical (unpaired) electrons. The topological polar surface area (TPSA) is 112 Å². The fourth-order valence-corrected chi connectivity index (χ4v) is 3.70. The summed E-state index contributed by atoms with van der Waals surface area (Å²) in [5, 5.41) is 14.9. The van der Waals surface area contributed by atoms with E-state index in [-0.39, 0.29) is 5.91 Å².